The Hall–Kier alpha value is -1.96. The van der Waals surface area contributed by atoms with Gasteiger partial charge < -0.3 is 4.98 Å². The first kappa shape index (κ1) is 17.5. The predicted octanol–water partition coefficient (Wildman–Crippen LogP) is 6.11. The molecule has 5 heteroatoms. The van der Waals surface area contributed by atoms with Crippen LogP contribution in [-0.4, -0.2) is 11.2 Å². The zero-order chi connectivity index (χ0) is 18.3. The molecule has 3 aromatic rings. The van der Waals surface area contributed by atoms with E-state index in [0.717, 1.165) is 39.8 Å². The van der Waals surface area contributed by atoms with Crippen molar-refractivity contribution in [1.82, 2.24) is 4.98 Å². The molecule has 2 aromatic carbocycles. The van der Waals surface area contributed by atoms with Gasteiger partial charge in [-0.15, -0.1) is 0 Å². The number of aromatic nitrogens is 1. The lowest BCUT2D eigenvalue weighted by atomic mass is 9.86. The van der Waals surface area contributed by atoms with Crippen molar-refractivity contribution in [2.45, 2.75) is 18.1 Å². The van der Waals surface area contributed by atoms with Gasteiger partial charge in [0.15, 0.2) is 0 Å². The normalized spacial score (nSPS) is 20.1. The Balaban J connectivity index is 1.86. The van der Waals surface area contributed by atoms with E-state index in [1.54, 1.807) is 23.9 Å². The van der Waals surface area contributed by atoms with Gasteiger partial charge in [0.05, 0.1) is 12.0 Å². The van der Waals surface area contributed by atoms with Crippen LogP contribution < -0.4 is 0 Å². The Morgan fingerprint density at radius 2 is 2.12 bits per heavy atom. The van der Waals surface area contributed by atoms with E-state index in [0.29, 0.717) is 5.02 Å². The number of aromatic amines is 1. The molecule has 2 nitrogen and oxygen atoms in total. The van der Waals surface area contributed by atoms with Crippen LogP contribution in [0.5, 0.6) is 0 Å². The highest BCUT2D eigenvalue weighted by Crippen LogP contribution is 2.52. The van der Waals surface area contributed by atoms with Crippen LogP contribution in [-0.2, 0) is 5.75 Å². The third-order valence-corrected chi connectivity index (χ3v) is 6.02. The van der Waals surface area contributed by atoms with Crippen LogP contribution in [0.1, 0.15) is 29.0 Å². The number of nitrogens with one attached hydrogen (secondary N) is 1. The first-order valence-corrected chi connectivity index (χ1v) is 10.3. The van der Waals surface area contributed by atoms with E-state index in [1.165, 1.54) is 0 Å². The first-order valence-electron chi connectivity index (χ1n) is 8.55. The second-order valence-electron chi connectivity index (χ2n) is 6.83. The van der Waals surface area contributed by atoms with Crippen LogP contribution in [0.4, 0.5) is 4.39 Å². The summed E-state index contributed by atoms with van der Waals surface area (Å²) in [6.45, 7) is 0. The van der Waals surface area contributed by atoms with Crippen molar-refractivity contribution in [1.29, 1.82) is 5.26 Å². The number of nitrogens with zero attached hydrogens (tertiary/aromatic N) is 1. The van der Waals surface area contributed by atoms with Gasteiger partial charge in [-0.25, -0.2) is 4.39 Å². The highest BCUT2D eigenvalue weighted by Gasteiger charge is 2.45. The SMILES string of the molecule is CSCc1cc(F)cc2c(C(c3ccc(Cl)cc3)C3CC3C#N)c[nH]c12. The van der Waals surface area contributed by atoms with E-state index in [4.69, 9.17) is 11.6 Å². The number of rotatable bonds is 5. The lowest BCUT2D eigenvalue weighted by molar-refractivity contribution is 0.628. The van der Waals surface area contributed by atoms with Crippen molar-refractivity contribution < 1.29 is 4.39 Å². The smallest absolute Gasteiger partial charge is 0.124 e. The molecule has 26 heavy (non-hydrogen) atoms. The fraction of sp³-hybridized carbons (Fsp3) is 0.286. The van der Waals surface area contributed by atoms with E-state index in [2.05, 4.69) is 11.1 Å². The van der Waals surface area contributed by atoms with Crippen LogP contribution >= 0.6 is 23.4 Å². The number of nitriles is 1. The molecule has 1 aromatic heterocycles. The van der Waals surface area contributed by atoms with Gasteiger partial charge in [-0.05, 0) is 59.6 Å². The molecule has 1 heterocycles. The van der Waals surface area contributed by atoms with Crippen molar-refractivity contribution in [2.24, 2.45) is 11.8 Å². The minimum absolute atomic E-state index is 0.0554. The lowest BCUT2D eigenvalue weighted by Crippen LogP contribution is -2.04. The van der Waals surface area contributed by atoms with Gasteiger partial charge in [0, 0.05) is 33.8 Å². The molecule has 3 atom stereocenters. The molecule has 1 saturated carbocycles. The topological polar surface area (TPSA) is 39.6 Å². The van der Waals surface area contributed by atoms with E-state index in [-0.39, 0.29) is 23.6 Å². The minimum atomic E-state index is -0.218. The number of thioether (sulfide) groups is 1. The number of hydrogen-bond acceptors (Lipinski definition) is 2. The Labute approximate surface area is 161 Å². The molecule has 0 bridgehead atoms. The second kappa shape index (κ2) is 6.98. The second-order valence-corrected chi connectivity index (χ2v) is 8.13. The highest BCUT2D eigenvalue weighted by molar-refractivity contribution is 7.97. The maximum absolute atomic E-state index is 14.3. The molecule has 0 aliphatic heterocycles. The molecular formula is C21H18ClFN2S. The largest absolute Gasteiger partial charge is 0.361 e. The summed E-state index contributed by atoms with van der Waals surface area (Å²) >= 11 is 7.73. The maximum atomic E-state index is 14.3. The van der Waals surface area contributed by atoms with Gasteiger partial charge in [0.25, 0.3) is 0 Å². The molecule has 1 N–H and O–H groups in total. The molecule has 3 unspecified atom stereocenters. The van der Waals surface area contributed by atoms with Gasteiger partial charge in [-0.3, -0.25) is 0 Å². The quantitative estimate of drug-likeness (QED) is 0.576. The van der Waals surface area contributed by atoms with E-state index < -0.39 is 0 Å². The van der Waals surface area contributed by atoms with Crippen molar-refractivity contribution >= 4 is 34.3 Å². The van der Waals surface area contributed by atoms with Gasteiger partial charge in [-0.2, -0.15) is 17.0 Å². The zero-order valence-electron chi connectivity index (χ0n) is 14.3. The molecule has 0 radical (unpaired) electrons. The molecular weight excluding hydrogens is 367 g/mol. The van der Waals surface area contributed by atoms with Crippen LogP contribution in [0.2, 0.25) is 5.02 Å². The first-order chi connectivity index (χ1) is 12.6. The lowest BCUT2D eigenvalue weighted by Gasteiger charge is -2.17. The minimum Gasteiger partial charge on any atom is -0.361 e. The summed E-state index contributed by atoms with van der Waals surface area (Å²) in [7, 11) is 0. The van der Waals surface area contributed by atoms with Crippen molar-refractivity contribution in [3.8, 4) is 6.07 Å². The summed E-state index contributed by atoms with van der Waals surface area (Å²) in [6, 6.07) is 13.4. The summed E-state index contributed by atoms with van der Waals surface area (Å²) in [4.78, 5) is 3.36. The number of hydrogen-bond donors (Lipinski definition) is 1. The molecule has 0 spiro atoms. The molecule has 1 fully saturated rings. The van der Waals surface area contributed by atoms with Crippen molar-refractivity contribution in [2.75, 3.05) is 6.26 Å². The van der Waals surface area contributed by atoms with Gasteiger partial charge >= 0.3 is 0 Å². The number of H-pyrrole nitrogens is 1. The summed E-state index contributed by atoms with van der Waals surface area (Å²) in [5.74, 6) is 0.913. The Kier molecular flexibility index (Phi) is 4.69. The van der Waals surface area contributed by atoms with Crippen LogP contribution in [0.3, 0.4) is 0 Å². The average molecular weight is 385 g/mol. The molecule has 0 amide bonds. The molecule has 0 saturated heterocycles. The third-order valence-electron chi connectivity index (χ3n) is 5.17. The average Bonchev–Trinajstić information content (AvgIpc) is 3.29. The molecule has 1 aliphatic carbocycles. The Morgan fingerprint density at radius 3 is 2.77 bits per heavy atom. The van der Waals surface area contributed by atoms with Crippen LogP contribution in [0.25, 0.3) is 10.9 Å². The van der Waals surface area contributed by atoms with Crippen LogP contribution in [0, 0.1) is 29.0 Å². The van der Waals surface area contributed by atoms with Gasteiger partial charge in [0.1, 0.15) is 5.82 Å². The highest BCUT2D eigenvalue weighted by atomic mass is 35.5. The molecule has 1 aliphatic rings. The van der Waals surface area contributed by atoms with E-state index in [1.807, 2.05) is 36.7 Å². The van der Waals surface area contributed by atoms with Crippen LogP contribution in [0.15, 0.2) is 42.6 Å². The zero-order valence-corrected chi connectivity index (χ0v) is 15.9. The number of benzene rings is 2. The molecule has 132 valence electrons. The Bertz CT molecular complexity index is 990. The fourth-order valence-corrected chi connectivity index (χ4v) is 4.54. The maximum Gasteiger partial charge on any atom is 0.124 e. The van der Waals surface area contributed by atoms with Gasteiger partial charge in [-0.1, -0.05) is 23.7 Å². The number of fused-ring (bicyclic) bond motifs is 1. The third kappa shape index (κ3) is 3.11. The van der Waals surface area contributed by atoms with Crippen molar-refractivity contribution in [3.63, 3.8) is 0 Å². The fourth-order valence-electron chi connectivity index (χ4n) is 3.87. The predicted molar refractivity (Wildman–Crippen MR) is 106 cm³/mol. The van der Waals surface area contributed by atoms with E-state index in [9.17, 15) is 9.65 Å². The van der Waals surface area contributed by atoms with E-state index >= 15 is 0 Å². The Morgan fingerprint density at radius 1 is 1.35 bits per heavy atom. The summed E-state index contributed by atoms with van der Waals surface area (Å²) in [5, 5.41) is 10.9. The van der Waals surface area contributed by atoms with Crippen molar-refractivity contribution in [3.05, 3.63) is 70.1 Å². The standard InChI is InChI=1S/C21H18ClFN2S/c1-26-11-14-6-16(23)8-18-19(10-25-21(14)18)20(17-7-13(17)9-24)12-2-4-15(22)5-3-12/h2-6,8,10,13,17,20,25H,7,11H2,1H3. The summed E-state index contributed by atoms with van der Waals surface area (Å²) in [6.07, 6.45) is 4.88. The van der Waals surface area contributed by atoms with Gasteiger partial charge in [0.2, 0.25) is 0 Å². The molecule has 4 rings (SSSR count). The summed E-state index contributed by atoms with van der Waals surface area (Å²) in [5.41, 5.74) is 4.14. The monoisotopic (exact) mass is 384 g/mol. The summed E-state index contributed by atoms with van der Waals surface area (Å²) < 4.78 is 14.3. The number of halogens is 2.